The SMILES string of the molecule is COCC(C1CC1)n1cc(C#N)nc(Nc2cc(C)c(C)nc2C)c1=O. The van der Waals surface area contributed by atoms with E-state index in [1.54, 1.807) is 11.7 Å². The van der Waals surface area contributed by atoms with Gasteiger partial charge in [-0.15, -0.1) is 0 Å². The zero-order chi connectivity index (χ0) is 18.8. The largest absolute Gasteiger partial charge is 0.383 e. The molecule has 136 valence electrons. The van der Waals surface area contributed by atoms with Crippen LogP contribution in [0.15, 0.2) is 17.1 Å². The number of rotatable bonds is 6. The zero-order valence-corrected chi connectivity index (χ0v) is 15.5. The van der Waals surface area contributed by atoms with Crippen LogP contribution in [-0.4, -0.2) is 28.3 Å². The Balaban J connectivity index is 2.05. The van der Waals surface area contributed by atoms with Crippen LogP contribution < -0.4 is 10.9 Å². The molecule has 7 heteroatoms. The topological polar surface area (TPSA) is 92.8 Å². The van der Waals surface area contributed by atoms with Gasteiger partial charge in [0.15, 0.2) is 11.5 Å². The smallest absolute Gasteiger partial charge is 0.294 e. The molecule has 26 heavy (non-hydrogen) atoms. The summed E-state index contributed by atoms with van der Waals surface area (Å²) in [5.41, 5.74) is 3.40. The number of nitriles is 1. The van der Waals surface area contributed by atoms with Crippen LogP contribution in [-0.2, 0) is 4.74 Å². The number of nitrogens with one attached hydrogen (secondary N) is 1. The average molecular weight is 353 g/mol. The number of anilines is 2. The molecule has 2 heterocycles. The Bertz CT molecular complexity index is 925. The lowest BCUT2D eigenvalue weighted by Crippen LogP contribution is -2.31. The second-order valence-corrected chi connectivity index (χ2v) is 6.81. The summed E-state index contributed by atoms with van der Waals surface area (Å²) in [5.74, 6) is 0.540. The number of pyridine rings is 1. The molecular formula is C19H23N5O2. The van der Waals surface area contributed by atoms with Gasteiger partial charge in [-0.1, -0.05) is 0 Å². The van der Waals surface area contributed by atoms with Crippen molar-refractivity contribution in [2.75, 3.05) is 19.0 Å². The molecule has 2 aromatic rings. The third kappa shape index (κ3) is 3.60. The highest BCUT2D eigenvalue weighted by Crippen LogP contribution is 2.39. The second-order valence-electron chi connectivity index (χ2n) is 6.81. The molecule has 1 saturated carbocycles. The highest BCUT2D eigenvalue weighted by Gasteiger charge is 2.33. The Morgan fingerprint density at radius 1 is 1.35 bits per heavy atom. The van der Waals surface area contributed by atoms with Crippen molar-refractivity contribution in [2.45, 2.75) is 39.7 Å². The maximum absolute atomic E-state index is 13.0. The van der Waals surface area contributed by atoms with E-state index in [2.05, 4.69) is 15.3 Å². The van der Waals surface area contributed by atoms with E-state index in [4.69, 9.17) is 4.74 Å². The number of methoxy groups -OCH3 is 1. The van der Waals surface area contributed by atoms with Crippen molar-refractivity contribution < 1.29 is 4.74 Å². The molecule has 1 N–H and O–H groups in total. The van der Waals surface area contributed by atoms with Crippen molar-refractivity contribution in [3.63, 3.8) is 0 Å². The summed E-state index contributed by atoms with van der Waals surface area (Å²) in [5, 5.41) is 12.4. The van der Waals surface area contributed by atoms with Crippen molar-refractivity contribution >= 4 is 11.5 Å². The van der Waals surface area contributed by atoms with Gasteiger partial charge in [0.2, 0.25) is 0 Å². The molecule has 1 aliphatic carbocycles. The molecule has 7 nitrogen and oxygen atoms in total. The third-order valence-electron chi connectivity index (χ3n) is 4.82. The van der Waals surface area contributed by atoms with Crippen LogP contribution in [0.3, 0.4) is 0 Å². The van der Waals surface area contributed by atoms with Crippen LogP contribution in [0.1, 0.15) is 41.5 Å². The fourth-order valence-electron chi connectivity index (χ4n) is 3.07. The molecule has 1 aliphatic rings. The van der Waals surface area contributed by atoms with E-state index in [1.165, 1.54) is 6.20 Å². The molecule has 1 atom stereocenters. The van der Waals surface area contributed by atoms with Crippen molar-refractivity contribution in [1.29, 1.82) is 5.26 Å². The molecule has 0 spiro atoms. The van der Waals surface area contributed by atoms with E-state index in [0.29, 0.717) is 18.2 Å². The van der Waals surface area contributed by atoms with Gasteiger partial charge in [-0.25, -0.2) is 4.98 Å². The van der Waals surface area contributed by atoms with E-state index in [1.807, 2.05) is 32.9 Å². The van der Waals surface area contributed by atoms with Crippen LogP contribution in [0.4, 0.5) is 11.5 Å². The fourth-order valence-corrected chi connectivity index (χ4v) is 3.07. The molecular weight excluding hydrogens is 330 g/mol. The maximum atomic E-state index is 13.0. The molecule has 3 rings (SSSR count). The molecule has 0 aliphatic heterocycles. The van der Waals surface area contributed by atoms with Gasteiger partial charge in [-0.3, -0.25) is 9.78 Å². The summed E-state index contributed by atoms with van der Waals surface area (Å²) in [7, 11) is 1.62. The standard InChI is InChI=1S/C19H23N5O2/c1-11-7-16(13(3)21-12(11)2)23-18-19(25)24(9-15(8-20)22-18)17(10-26-4)14-5-6-14/h7,9,14,17H,5-6,10H2,1-4H3,(H,22,23). The number of nitrogens with zero attached hydrogens (tertiary/aromatic N) is 4. The minimum atomic E-state index is -0.254. The summed E-state index contributed by atoms with van der Waals surface area (Å²) < 4.78 is 6.90. The summed E-state index contributed by atoms with van der Waals surface area (Å²) in [6, 6.07) is 3.90. The molecule has 0 radical (unpaired) electrons. The molecule has 0 bridgehead atoms. The Morgan fingerprint density at radius 3 is 2.69 bits per heavy atom. The molecule has 2 aromatic heterocycles. The van der Waals surface area contributed by atoms with Crippen molar-refractivity contribution in [3.8, 4) is 6.07 Å². The maximum Gasteiger partial charge on any atom is 0.294 e. The van der Waals surface area contributed by atoms with Gasteiger partial charge in [-0.2, -0.15) is 5.26 Å². The minimum absolute atomic E-state index is 0.0814. The Labute approximate surface area is 152 Å². The lowest BCUT2D eigenvalue weighted by molar-refractivity contribution is 0.143. The molecule has 0 amide bonds. The summed E-state index contributed by atoms with van der Waals surface area (Å²) in [6.07, 6.45) is 3.66. The Kier molecular flexibility index (Phi) is 5.05. The van der Waals surface area contributed by atoms with Crippen molar-refractivity contribution in [3.05, 3.63) is 45.3 Å². The van der Waals surface area contributed by atoms with Gasteiger partial charge in [0.1, 0.15) is 6.07 Å². The predicted octanol–water partition coefficient (Wildman–Crippen LogP) is 2.78. The first-order valence-corrected chi connectivity index (χ1v) is 8.68. The van der Waals surface area contributed by atoms with Crippen molar-refractivity contribution in [2.24, 2.45) is 5.92 Å². The van der Waals surface area contributed by atoms with Gasteiger partial charge in [0.25, 0.3) is 5.56 Å². The van der Waals surface area contributed by atoms with Gasteiger partial charge < -0.3 is 14.6 Å². The van der Waals surface area contributed by atoms with E-state index in [9.17, 15) is 10.1 Å². The van der Waals surface area contributed by atoms with Crippen LogP contribution >= 0.6 is 0 Å². The lowest BCUT2D eigenvalue weighted by atomic mass is 10.2. The zero-order valence-electron chi connectivity index (χ0n) is 15.5. The number of aryl methyl sites for hydroxylation is 3. The van der Waals surface area contributed by atoms with Crippen LogP contribution in [0.25, 0.3) is 0 Å². The van der Waals surface area contributed by atoms with Gasteiger partial charge in [-0.05, 0) is 51.2 Å². The van der Waals surface area contributed by atoms with Gasteiger partial charge >= 0.3 is 0 Å². The van der Waals surface area contributed by atoms with Crippen LogP contribution in [0.5, 0.6) is 0 Å². The molecule has 1 fully saturated rings. The summed E-state index contributed by atoms with van der Waals surface area (Å²) in [6.45, 7) is 6.22. The normalized spacial score (nSPS) is 14.7. The summed E-state index contributed by atoms with van der Waals surface area (Å²) >= 11 is 0. The van der Waals surface area contributed by atoms with E-state index < -0.39 is 0 Å². The van der Waals surface area contributed by atoms with Crippen LogP contribution in [0.2, 0.25) is 0 Å². The Morgan fingerprint density at radius 2 is 2.08 bits per heavy atom. The monoisotopic (exact) mass is 353 g/mol. The number of ether oxygens (including phenoxy) is 1. The first-order chi connectivity index (χ1) is 12.4. The van der Waals surface area contributed by atoms with Gasteiger partial charge in [0, 0.05) is 19.0 Å². The quantitative estimate of drug-likeness (QED) is 0.858. The molecule has 0 saturated heterocycles. The van der Waals surface area contributed by atoms with Crippen LogP contribution in [0, 0.1) is 38.0 Å². The molecule has 0 aromatic carbocycles. The predicted molar refractivity (Wildman–Crippen MR) is 98.6 cm³/mol. The average Bonchev–Trinajstić information content (AvgIpc) is 3.44. The fraction of sp³-hybridized carbons (Fsp3) is 0.474. The van der Waals surface area contributed by atoms with E-state index in [0.717, 1.165) is 29.8 Å². The lowest BCUT2D eigenvalue weighted by Gasteiger charge is -2.20. The summed E-state index contributed by atoms with van der Waals surface area (Å²) in [4.78, 5) is 21.7. The first-order valence-electron chi connectivity index (χ1n) is 8.68. The van der Waals surface area contributed by atoms with Gasteiger partial charge in [0.05, 0.1) is 24.0 Å². The van der Waals surface area contributed by atoms with Crippen molar-refractivity contribution in [1.82, 2.24) is 14.5 Å². The number of hydrogen-bond acceptors (Lipinski definition) is 6. The minimum Gasteiger partial charge on any atom is -0.383 e. The van der Waals surface area contributed by atoms with E-state index in [-0.39, 0.29) is 23.1 Å². The molecule has 1 unspecified atom stereocenters. The highest BCUT2D eigenvalue weighted by atomic mass is 16.5. The Hall–Kier alpha value is -2.72. The highest BCUT2D eigenvalue weighted by molar-refractivity contribution is 5.59. The number of hydrogen-bond donors (Lipinski definition) is 1. The second kappa shape index (κ2) is 7.26. The first kappa shape index (κ1) is 18.1. The number of aromatic nitrogens is 3. The van der Waals surface area contributed by atoms with E-state index >= 15 is 0 Å². The third-order valence-corrected chi connectivity index (χ3v) is 4.82.